The molecule has 4 heteroatoms. The van der Waals surface area contributed by atoms with Crippen LogP contribution in [0, 0.1) is 0 Å². The van der Waals surface area contributed by atoms with Crippen LogP contribution in [0.4, 0.5) is 5.69 Å². The maximum absolute atomic E-state index is 6.05. The van der Waals surface area contributed by atoms with Crippen molar-refractivity contribution >= 4 is 33.2 Å². The number of anilines is 1. The minimum Gasteiger partial charge on any atom is -0.497 e. The van der Waals surface area contributed by atoms with E-state index in [1.165, 1.54) is 5.56 Å². The number of rotatable bonds is 4. The second-order valence-electron chi connectivity index (χ2n) is 5.44. The Hall–Kier alpha value is -1.19. The van der Waals surface area contributed by atoms with Gasteiger partial charge in [0.2, 0.25) is 0 Å². The predicted molar refractivity (Wildman–Crippen MR) is 91.5 cm³/mol. The first-order chi connectivity index (χ1) is 10.1. The van der Waals surface area contributed by atoms with Crippen LogP contribution in [-0.2, 0) is 0 Å². The first-order valence-corrected chi connectivity index (χ1v) is 8.18. The summed E-state index contributed by atoms with van der Waals surface area (Å²) in [5.41, 5.74) is 2.43. The summed E-state index contributed by atoms with van der Waals surface area (Å²) >= 11 is 9.56. The van der Waals surface area contributed by atoms with E-state index < -0.39 is 0 Å². The third-order valence-corrected chi connectivity index (χ3v) is 4.63. The lowest BCUT2D eigenvalue weighted by Gasteiger charge is -2.37. The molecule has 1 saturated carbocycles. The Labute approximate surface area is 138 Å². The van der Waals surface area contributed by atoms with Gasteiger partial charge in [-0.1, -0.05) is 39.7 Å². The van der Waals surface area contributed by atoms with E-state index in [9.17, 15) is 0 Å². The molecule has 1 fully saturated rings. The van der Waals surface area contributed by atoms with Gasteiger partial charge in [-0.3, -0.25) is 0 Å². The Morgan fingerprint density at radius 2 is 2.00 bits per heavy atom. The van der Waals surface area contributed by atoms with Gasteiger partial charge in [0.1, 0.15) is 5.75 Å². The number of hydrogen-bond donors (Lipinski definition) is 1. The molecule has 0 unspecified atom stereocenters. The molecule has 110 valence electrons. The summed E-state index contributed by atoms with van der Waals surface area (Å²) in [6.45, 7) is 0. The summed E-state index contributed by atoms with van der Waals surface area (Å²) in [5.74, 6) is 1.47. The Morgan fingerprint density at radius 3 is 2.71 bits per heavy atom. The molecule has 1 N–H and O–H groups in total. The van der Waals surface area contributed by atoms with Gasteiger partial charge in [-0.25, -0.2) is 0 Å². The van der Waals surface area contributed by atoms with Crippen molar-refractivity contribution in [1.29, 1.82) is 0 Å². The van der Waals surface area contributed by atoms with E-state index in [4.69, 9.17) is 16.3 Å². The van der Waals surface area contributed by atoms with Crippen LogP contribution in [0.3, 0.4) is 0 Å². The summed E-state index contributed by atoms with van der Waals surface area (Å²) in [6.07, 6.45) is 2.27. The zero-order valence-corrected chi connectivity index (χ0v) is 14.1. The average molecular weight is 367 g/mol. The molecule has 0 bridgehead atoms. The van der Waals surface area contributed by atoms with E-state index in [0.29, 0.717) is 12.0 Å². The van der Waals surface area contributed by atoms with Crippen molar-refractivity contribution in [2.24, 2.45) is 0 Å². The molecule has 0 spiro atoms. The number of hydrogen-bond acceptors (Lipinski definition) is 2. The van der Waals surface area contributed by atoms with E-state index in [1.807, 2.05) is 24.3 Å². The van der Waals surface area contributed by atoms with Crippen LogP contribution < -0.4 is 10.1 Å². The highest BCUT2D eigenvalue weighted by molar-refractivity contribution is 9.10. The summed E-state index contributed by atoms with van der Waals surface area (Å²) in [6, 6.07) is 14.8. The molecule has 21 heavy (non-hydrogen) atoms. The Bertz CT molecular complexity index is 640. The molecule has 0 radical (unpaired) electrons. The summed E-state index contributed by atoms with van der Waals surface area (Å²) in [4.78, 5) is 0. The summed E-state index contributed by atoms with van der Waals surface area (Å²) < 4.78 is 6.31. The van der Waals surface area contributed by atoms with Crippen LogP contribution in [0.2, 0.25) is 5.02 Å². The van der Waals surface area contributed by atoms with E-state index in [2.05, 4.69) is 39.4 Å². The second kappa shape index (κ2) is 6.29. The molecule has 0 atom stereocenters. The van der Waals surface area contributed by atoms with Gasteiger partial charge in [-0.15, -0.1) is 0 Å². The molecule has 1 aliphatic carbocycles. The number of nitrogens with one attached hydrogen (secondary N) is 1. The maximum Gasteiger partial charge on any atom is 0.122 e. The standard InChI is InChI=1S/C17H17BrClNO/c1-21-17-9-13(18)8-16(10-17)20-15-6-12(7-15)11-3-2-4-14(19)5-11/h2-5,8-10,12,15,20H,6-7H2,1H3. The normalized spacial score (nSPS) is 20.7. The first kappa shape index (κ1) is 14.7. The van der Waals surface area contributed by atoms with Crippen LogP contribution in [-0.4, -0.2) is 13.2 Å². The molecule has 2 aromatic carbocycles. The quantitative estimate of drug-likeness (QED) is 0.774. The number of ether oxygens (including phenoxy) is 1. The molecular formula is C17H17BrClNO. The Balaban J connectivity index is 1.61. The molecule has 2 nitrogen and oxygen atoms in total. The van der Waals surface area contributed by atoms with Gasteiger partial charge in [0.05, 0.1) is 7.11 Å². The summed E-state index contributed by atoms with van der Waals surface area (Å²) in [5, 5.41) is 4.39. The molecule has 0 amide bonds. The predicted octanol–water partition coefficient (Wildman–Crippen LogP) is 5.47. The van der Waals surface area contributed by atoms with E-state index in [1.54, 1.807) is 7.11 Å². The van der Waals surface area contributed by atoms with E-state index >= 15 is 0 Å². The molecule has 3 rings (SSSR count). The molecule has 1 aliphatic rings. The summed E-state index contributed by atoms with van der Waals surface area (Å²) in [7, 11) is 1.68. The number of halogens is 2. The van der Waals surface area contributed by atoms with Gasteiger partial charge in [0, 0.05) is 27.3 Å². The second-order valence-corrected chi connectivity index (χ2v) is 6.80. The van der Waals surface area contributed by atoms with Gasteiger partial charge in [-0.2, -0.15) is 0 Å². The fourth-order valence-corrected chi connectivity index (χ4v) is 3.44. The van der Waals surface area contributed by atoms with Crippen molar-refractivity contribution in [2.75, 3.05) is 12.4 Å². The lowest BCUT2D eigenvalue weighted by atomic mass is 9.76. The zero-order valence-electron chi connectivity index (χ0n) is 11.8. The SMILES string of the molecule is COc1cc(Br)cc(NC2CC(c3cccc(Cl)c3)C2)c1. The largest absolute Gasteiger partial charge is 0.497 e. The van der Waals surface area contributed by atoms with Crippen LogP contribution in [0.1, 0.15) is 24.3 Å². The topological polar surface area (TPSA) is 21.3 Å². The Morgan fingerprint density at radius 1 is 1.19 bits per heavy atom. The fourth-order valence-electron chi connectivity index (χ4n) is 2.77. The average Bonchev–Trinajstić information content (AvgIpc) is 2.41. The molecule has 0 saturated heterocycles. The van der Waals surface area contributed by atoms with Crippen LogP contribution in [0.15, 0.2) is 46.9 Å². The third-order valence-electron chi connectivity index (χ3n) is 3.94. The maximum atomic E-state index is 6.05. The first-order valence-electron chi connectivity index (χ1n) is 7.00. The van der Waals surface area contributed by atoms with Gasteiger partial charge < -0.3 is 10.1 Å². The molecule has 0 aliphatic heterocycles. The van der Waals surface area contributed by atoms with E-state index in [0.717, 1.165) is 33.8 Å². The molecule has 2 aromatic rings. The number of methoxy groups -OCH3 is 1. The van der Waals surface area contributed by atoms with Crippen molar-refractivity contribution in [3.05, 3.63) is 57.5 Å². The smallest absolute Gasteiger partial charge is 0.122 e. The zero-order chi connectivity index (χ0) is 14.8. The van der Waals surface area contributed by atoms with Crippen molar-refractivity contribution in [3.63, 3.8) is 0 Å². The van der Waals surface area contributed by atoms with Crippen LogP contribution in [0.25, 0.3) is 0 Å². The van der Waals surface area contributed by atoms with Gasteiger partial charge in [0.25, 0.3) is 0 Å². The minimum atomic E-state index is 0.507. The molecule has 0 heterocycles. The lowest BCUT2D eigenvalue weighted by Crippen LogP contribution is -2.33. The van der Waals surface area contributed by atoms with Crippen molar-refractivity contribution in [2.45, 2.75) is 24.8 Å². The van der Waals surface area contributed by atoms with Crippen molar-refractivity contribution in [3.8, 4) is 5.75 Å². The minimum absolute atomic E-state index is 0.507. The van der Waals surface area contributed by atoms with Crippen LogP contribution >= 0.6 is 27.5 Å². The van der Waals surface area contributed by atoms with E-state index in [-0.39, 0.29) is 0 Å². The fraction of sp³-hybridized carbons (Fsp3) is 0.294. The van der Waals surface area contributed by atoms with Gasteiger partial charge >= 0.3 is 0 Å². The third kappa shape index (κ3) is 3.53. The van der Waals surface area contributed by atoms with Gasteiger partial charge in [0.15, 0.2) is 0 Å². The Kier molecular flexibility index (Phi) is 4.41. The highest BCUT2D eigenvalue weighted by atomic mass is 79.9. The monoisotopic (exact) mass is 365 g/mol. The number of benzene rings is 2. The molecular weight excluding hydrogens is 350 g/mol. The van der Waals surface area contributed by atoms with Crippen LogP contribution in [0.5, 0.6) is 5.75 Å². The molecule has 0 aromatic heterocycles. The highest BCUT2D eigenvalue weighted by Crippen LogP contribution is 2.39. The van der Waals surface area contributed by atoms with Crippen molar-refractivity contribution in [1.82, 2.24) is 0 Å². The highest BCUT2D eigenvalue weighted by Gasteiger charge is 2.30. The lowest BCUT2D eigenvalue weighted by molar-refractivity contribution is 0.374. The van der Waals surface area contributed by atoms with Gasteiger partial charge in [-0.05, 0) is 48.6 Å². The van der Waals surface area contributed by atoms with Crippen molar-refractivity contribution < 1.29 is 4.74 Å².